The highest BCUT2D eigenvalue weighted by molar-refractivity contribution is 9.10. The summed E-state index contributed by atoms with van der Waals surface area (Å²) in [5, 5.41) is 12.9. The lowest BCUT2D eigenvalue weighted by molar-refractivity contribution is -0.137. The Morgan fingerprint density at radius 3 is 2.24 bits per heavy atom. The van der Waals surface area contributed by atoms with E-state index in [1.807, 2.05) is 48.5 Å². The fraction of sp³-hybridized carbons (Fsp3) is 0.133. The third-order valence-electron chi connectivity index (χ3n) is 5.82. The summed E-state index contributed by atoms with van der Waals surface area (Å²) in [5.74, 6) is 0.252. The number of hydrogen-bond donors (Lipinski definition) is 2. The van der Waals surface area contributed by atoms with E-state index in [1.54, 1.807) is 55.6 Å². The molecule has 6 nitrogen and oxygen atoms in total. The maximum atomic E-state index is 13.0. The van der Waals surface area contributed by atoms with E-state index in [2.05, 4.69) is 21.2 Å². The molecule has 188 valence electrons. The van der Waals surface area contributed by atoms with Crippen molar-refractivity contribution in [2.45, 2.75) is 19.1 Å². The molecule has 0 bridgehead atoms. The highest BCUT2D eigenvalue weighted by atomic mass is 79.9. The van der Waals surface area contributed by atoms with Gasteiger partial charge in [0.15, 0.2) is 5.78 Å². The fourth-order valence-corrected chi connectivity index (χ4v) is 4.45. The lowest BCUT2D eigenvalue weighted by atomic mass is 10.00. The molecule has 37 heavy (non-hydrogen) atoms. The van der Waals surface area contributed by atoms with Crippen LogP contribution in [0.25, 0.3) is 0 Å². The molecule has 0 aliphatic rings. The summed E-state index contributed by atoms with van der Waals surface area (Å²) in [6.45, 7) is 0.382. The predicted octanol–water partition coefficient (Wildman–Crippen LogP) is 6.38. The third kappa shape index (κ3) is 6.77. The Hall–Kier alpha value is -4.10. The van der Waals surface area contributed by atoms with Crippen LogP contribution >= 0.6 is 15.9 Å². The van der Waals surface area contributed by atoms with Gasteiger partial charge in [0.1, 0.15) is 24.1 Å². The highest BCUT2D eigenvalue weighted by Crippen LogP contribution is 2.26. The number of ketones is 1. The van der Waals surface area contributed by atoms with E-state index >= 15 is 0 Å². The molecule has 0 heterocycles. The van der Waals surface area contributed by atoms with E-state index in [0.29, 0.717) is 29.2 Å². The number of carbonyl (C=O) groups excluding carboxylic acids is 1. The number of benzene rings is 4. The normalized spacial score (nSPS) is 11.4. The molecule has 7 heteroatoms. The van der Waals surface area contributed by atoms with Crippen molar-refractivity contribution >= 4 is 33.4 Å². The maximum Gasteiger partial charge on any atom is 0.326 e. The monoisotopic (exact) mass is 559 g/mol. The van der Waals surface area contributed by atoms with Crippen molar-refractivity contribution in [1.29, 1.82) is 0 Å². The number of methoxy groups -OCH3 is 1. The molecule has 0 aromatic heterocycles. The third-order valence-corrected chi connectivity index (χ3v) is 6.44. The van der Waals surface area contributed by atoms with Crippen LogP contribution in [0.4, 0.5) is 5.69 Å². The summed E-state index contributed by atoms with van der Waals surface area (Å²) in [6, 6.07) is 28.0. The van der Waals surface area contributed by atoms with Gasteiger partial charge < -0.3 is 19.9 Å². The molecule has 0 unspecified atom stereocenters. The Bertz CT molecular complexity index is 1370. The second-order valence-electron chi connectivity index (χ2n) is 8.38. The van der Waals surface area contributed by atoms with Gasteiger partial charge in [-0.1, -0.05) is 60.7 Å². The average Bonchev–Trinajstić information content (AvgIpc) is 2.92. The molecule has 0 fully saturated rings. The minimum atomic E-state index is -1.01. The number of para-hydroxylation sites is 1. The van der Waals surface area contributed by atoms with Gasteiger partial charge in [-0.3, -0.25) is 4.79 Å². The van der Waals surface area contributed by atoms with Crippen LogP contribution in [0.2, 0.25) is 0 Å². The molecule has 0 amide bonds. The number of carboxylic acid groups (broad SMARTS) is 1. The highest BCUT2D eigenvalue weighted by Gasteiger charge is 2.21. The van der Waals surface area contributed by atoms with Gasteiger partial charge in [-0.05, 0) is 63.5 Å². The van der Waals surface area contributed by atoms with Crippen molar-refractivity contribution in [3.05, 3.63) is 124 Å². The van der Waals surface area contributed by atoms with Crippen LogP contribution in [0.15, 0.2) is 102 Å². The summed E-state index contributed by atoms with van der Waals surface area (Å²) in [7, 11) is 1.62. The zero-order valence-electron chi connectivity index (χ0n) is 20.2. The second kappa shape index (κ2) is 12.2. The van der Waals surface area contributed by atoms with Crippen molar-refractivity contribution in [3.63, 3.8) is 0 Å². The van der Waals surface area contributed by atoms with Crippen molar-refractivity contribution < 1.29 is 24.2 Å². The molecule has 0 saturated heterocycles. The molecule has 2 N–H and O–H groups in total. The van der Waals surface area contributed by atoms with Gasteiger partial charge in [-0.2, -0.15) is 0 Å². The first kappa shape index (κ1) is 26.0. The van der Waals surface area contributed by atoms with Crippen molar-refractivity contribution in [2.24, 2.45) is 0 Å². The van der Waals surface area contributed by atoms with Crippen LogP contribution in [-0.2, 0) is 17.8 Å². The predicted molar refractivity (Wildman–Crippen MR) is 147 cm³/mol. The van der Waals surface area contributed by atoms with Crippen molar-refractivity contribution in [2.75, 3.05) is 12.4 Å². The first-order valence-electron chi connectivity index (χ1n) is 11.7. The summed E-state index contributed by atoms with van der Waals surface area (Å²) >= 11 is 3.47. The number of rotatable bonds is 11. The summed E-state index contributed by atoms with van der Waals surface area (Å²) in [6.07, 6.45) is 0.231. The van der Waals surface area contributed by atoms with Gasteiger partial charge in [-0.15, -0.1) is 0 Å². The molecule has 4 aromatic carbocycles. The topological polar surface area (TPSA) is 84.9 Å². The van der Waals surface area contributed by atoms with Gasteiger partial charge in [0.25, 0.3) is 0 Å². The Labute approximate surface area is 224 Å². The average molecular weight is 560 g/mol. The number of ether oxygens (including phenoxy) is 2. The summed E-state index contributed by atoms with van der Waals surface area (Å²) in [4.78, 5) is 25.1. The minimum Gasteiger partial charge on any atom is -0.496 e. The van der Waals surface area contributed by atoms with Crippen LogP contribution in [0, 0.1) is 0 Å². The number of carboxylic acids is 1. The Kier molecular flexibility index (Phi) is 8.59. The van der Waals surface area contributed by atoms with E-state index in [4.69, 9.17) is 9.47 Å². The molecule has 0 aliphatic carbocycles. The second-order valence-corrected chi connectivity index (χ2v) is 9.24. The summed E-state index contributed by atoms with van der Waals surface area (Å²) in [5.41, 5.74) is 3.26. The van der Waals surface area contributed by atoms with Crippen LogP contribution in [0.1, 0.15) is 27.0 Å². The van der Waals surface area contributed by atoms with Crippen molar-refractivity contribution in [3.8, 4) is 11.5 Å². The number of nitrogens with one attached hydrogen (secondary N) is 1. The van der Waals surface area contributed by atoms with Gasteiger partial charge in [0.05, 0.1) is 11.6 Å². The molecule has 0 aliphatic heterocycles. The van der Waals surface area contributed by atoms with Crippen LogP contribution < -0.4 is 14.8 Å². The van der Waals surface area contributed by atoms with E-state index in [0.717, 1.165) is 21.3 Å². The quantitative estimate of drug-likeness (QED) is 0.207. The largest absolute Gasteiger partial charge is 0.496 e. The molecule has 4 aromatic rings. The smallest absolute Gasteiger partial charge is 0.326 e. The number of carbonyl (C=O) groups is 2. The van der Waals surface area contributed by atoms with E-state index in [-0.39, 0.29) is 12.2 Å². The fourth-order valence-electron chi connectivity index (χ4n) is 3.86. The van der Waals surface area contributed by atoms with Crippen LogP contribution in [-0.4, -0.2) is 30.0 Å². The molecule has 0 radical (unpaired) electrons. The molecule has 0 saturated carbocycles. The standard InChI is InChI=1S/C30H26BrNO5/c1-36-28-16-13-21(17-25(28)31)19-37-23-14-11-20(12-15-23)18-27(30(34)35)32-26-10-6-5-9-24(26)29(33)22-7-3-2-4-8-22/h2-17,27,32H,18-19H2,1H3,(H,34,35)/t27-/m0/s1. The number of hydrogen-bond acceptors (Lipinski definition) is 5. The lowest BCUT2D eigenvalue weighted by Gasteiger charge is -2.18. The van der Waals surface area contributed by atoms with Gasteiger partial charge in [0, 0.05) is 23.2 Å². The van der Waals surface area contributed by atoms with Gasteiger partial charge in [0.2, 0.25) is 0 Å². The van der Waals surface area contributed by atoms with Crippen molar-refractivity contribution in [1.82, 2.24) is 0 Å². The van der Waals surface area contributed by atoms with Gasteiger partial charge >= 0.3 is 5.97 Å². The zero-order chi connectivity index (χ0) is 26.2. The number of aliphatic carboxylic acids is 1. The minimum absolute atomic E-state index is 0.168. The Morgan fingerprint density at radius 1 is 0.892 bits per heavy atom. The van der Waals surface area contributed by atoms with E-state index in [9.17, 15) is 14.7 Å². The zero-order valence-corrected chi connectivity index (χ0v) is 21.8. The van der Waals surface area contributed by atoms with Crippen LogP contribution in [0.3, 0.4) is 0 Å². The van der Waals surface area contributed by atoms with Gasteiger partial charge in [-0.25, -0.2) is 4.79 Å². The first-order valence-corrected chi connectivity index (χ1v) is 12.5. The molecule has 4 rings (SSSR count). The Morgan fingerprint density at radius 2 is 1.57 bits per heavy atom. The van der Waals surface area contributed by atoms with Crippen LogP contribution in [0.5, 0.6) is 11.5 Å². The first-order chi connectivity index (χ1) is 17.9. The maximum absolute atomic E-state index is 13.0. The molecule has 1 atom stereocenters. The Balaban J connectivity index is 1.42. The SMILES string of the molecule is COc1ccc(COc2ccc(C[C@H](Nc3ccccc3C(=O)c3ccccc3)C(=O)O)cc2)cc1Br. The molecule has 0 spiro atoms. The lowest BCUT2D eigenvalue weighted by Crippen LogP contribution is -2.32. The van der Waals surface area contributed by atoms with E-state index < -0.39 is 12.0 Å². The number of halogens is 1. The molecular formula is C30H26BrNO5. The summed E-state index contributed by atoms with van der Waals surface area (Å²) < 4.78 is 12.0. The van der Waals surface area contributed by atoms with E-state index in [1.165, 1.54) is 0 Å². The number of anilines is 1. The molecular weight excluding hydrogens is 534 g/mol.